The van der Waals surface area contributed by atoms with Gasteiger partial charge in [0.15, 0.2) is 0 Å². The Morgan fingerprint density at radius 3 is 2.23 bits per heavy atom. The number of rotatable bonds is 3. The van der Waals surface area contributed by atoms with Crippen molar-refractivity contribution in [1.82, 2.24) is 0 Å². The van der Waals surface area contributed by atoms with Crippen LogP contribution in [0.25, 0.3) is 0 Å². The van der Waals surface area contributed by atoms with E-state index in [0.29, 0.717) is 0 Å². The third kappa shape index (κ3) is 2.54. The van der Waals surface area contributed by atoms with Crippen LogP contribution < -0.4 is 0 Å². The maximum Gasteiger partial charge on any atom is 0.297 e. The fourth-order valence-electron chi connectivity index (χ4n) is 0.887. The first-order chi connectivity index (χ1) is 6.06. The number of aryl methyl sites for hydroxylation is 1. The van der Waals surface area contributed by atoms with E-state index in [-0.39, 0.29) is 4.90 Å². The lowest BCUT2D eigenvalue weighted by atomic mass is 10.2. The second-order valence-corrected chi connectivity index (χ2v) is 4.17. The molecule has 0 saturated heterocycles. The second kappa shape index (κ2) is 3.89. The normalized spacial score (nSPS) is 11.5. The summed E-state index contributed by atoms with van der Waals surface area (Å²) in [5, 5.41) is 0. The van der Waals surface area contributed by atoms with Gasteiger partial charge in [0.2, 0.25) is 0 Å². The van der Waals surface area contributed by atoms with E-state index in [1.165, 1.54) is 19.1 Å². The fourth-order valence-corrected chi connectivity index (χ4v) is 1.72. The Bertz CT molecular complexity index is 364. The second-order valence-electron chi connectivity index (χ2n) is 2.60. The van der Waals surface area contributed by atoms with Gasteiger partial charge in [0, 0.05) is 0 Å². The van der Waals surface area contributed by atoms with Gasteiger partial charge < -0.3 is 0 Å². The van der Waals surface area contributed by atoms with E-state index in [0.717, 1.165) is 12.2 Å². The van der Waals surface area contributed by atoms with Crippen LogP contribution >= 0.6 is 0 Å². The Kier molecular flexibility index (Phi) is 3.06. The van der Waals surface area contributed by atoms with Crippen LogP contribution in [-0.4, -0.2) is 8.42 Å². The average molecular weight is 199 g/mol. The monoisotopic (exact) mass is 199 g/mol. The highest BCUT2D eigenvalue weighted by Crippen LogP contribution is 2.13. The van der Waals surface area contributed by atoms with Crippen LogP contribution in [0.4, 0.5) is 0 Å². The minimum Gasteiger partial charge on any atom is -0.261 e. The highest BCUT2D eigenvalue weighted by Gasteiger charge is 2.12. The Labute approximate surface area is 78.5 Å². The predicted molar refractivity (Wildman–Crippen MR) is 49.4 cm³/mol. The van der Waals surface area contributed by atoms with Crippen LogP contribution in [0.1, 0.15) is 12.5 Å². The van der Waals surface area contributed by atoms with Crippen LogP contribution in [0.15, 0.2) is 29.2 Å². The lowest BCUT2D eigenvalue weighted by molar-refractivity contribution is 0.399. The lowest BCUT2D eigenvalue weighted by Crippen LogP contribution is -2.03. The van der Waals surface area contributed by atoms with Gasteiger partial charge in [0.05, 0.1) is 4.90 Å². The molecule has 0 unspecified atom stereocenters. The van der Waals surface area contributed by atoms with Gasteiger partial charge in [0.1, 0.15) is 6.61 Å². The van der Waals surface area contributed by atoms with Gasteiger partial charge in [-0.3, -0.25) is 4.18 Å². The molecule has 1 radical (unpaired) electrons. The largest absolute Gasteiger partial charge is 0.297 e. The van der Waals surface area contributed by atoms with E-state index in [9.17, 15) is 8.42 Å². The molecule has 4 heteroatoms. The Balaban J connectivity index is 3.02. The molecule has 0 heterocycles. The summed E-state index contributed by atoms with van der Waals surface area (Å²) in [6, 6.07) is 6.50. The Hall–Kier alpha value is -0.870. The van der Waals surface area contributed by atoms with Crippen molar-refractivity contribution in [3.8, 4) is 0 Å². The first-order valence-corrected chi connectivity index (χ1v) is 5.25. The number of benzene rings is 1. The van der Waals surface area contributed by atoms with Gasteiger partial charge in [0.25, 0.3) is 10.1 Å². The molecule has 1 aromatic carbocycles. The standard InChI is InChI=1S/C9H11O3S/c1-3-12-13(10,11)9-6-4-8(2)5-7-9/h3-7H,1-2H3. The van der Waals surface area contributed by atoms with Crippen molar-refractivity contribution >= 4 is 10.1 Å². The van der Waals surface area contributed by atoms with E-state index < -0.39 is 10.1 Å². The van der Waals surface area contributed by atoms with Crippen molar-refractivity contribution in [1.29, 1.82) is 0 Å². The molecule has 3 nitrogen and oxygen atoms in total. The minimum absolute atomic E-state index is 0.177. The fraction of sp³-hybridized carbons (Fsp3) is 0.222. The van der Waals surface area contributed by atoms with Crippen molar-refractivity contribution in [2.45, 2.75) is 18.7 Å². The highest BCUT2D eigenvalue weighted by atomic mass is 32.2. The van der Waals surface area contributed by atoms with E-state index in [2.05, 4.69) is 4.18 Å². The summed E-state index contributed by atoms with van der Waals surface area (Å²) in [5.74, 6) is 0. The smallest absolute Gasteiger partial charge is 0.261 e. The molecule has 0 saturated carbocycles. The molecule has 1 rings (SSSR count). The summed E-state index contributed by atoms with van der Waals surface area (Å²) in [7, 11) is -3.58. The van der Waals surface area contributed by atoms with Gasteiger partial charge >= 0.3 is 0 Å². The summed E-state index contributed by atoms with van der Waals surface area (Å²) < 4.78 is 27.1. The molecule has 13 heavy (non-hydrogen) atoms. The van der Waals surface area contributed by atoms with E-state index in [1.54, 1.807) is 12.1 Å². The average Bonchev–Trinajstić information content (AvgIpc) is 2.05. The van der Waals surface area contributed by atoms with Crippen LogP contribution in [0.5, 0.6) is 0 Å². The van der Waals surface area contributed by atoms with Gasteiger partial charge in [-0.2, -0.15) is 8.42 Å². The Morgan fingerprint density at radius 1 is 1.23 bits per heavy atom. The molecule has 0 atom stereocenters. The quantitative estimate of drug-likeness (QED) is 0.698. The summed E-state index contributed by atoms with van der Waals surface area (Å²) in [4.78, 5) is 0.177. The SMILES string of the molecule is C[CH]OS(=O)(=O)c1ccc(C)cc1. The summed E-state index contributed by atoms with van der Waals surface area (Å²) in [6.07, 6.45) is 0. The van der Waals surface area contributed by atoms with E-state index in [4.69, 9.17) is 0 Å². The summed E-state index contributed by atoms with van der Waals surface area (Å²) in [6.45, 7) is 4.56. The molecule has 0 bridgehead atoms. The summed E-state index contributed by atoms with van der Waals surface area (Å²) >= 11 is 0. The molecule has 0 fully saturated rings. The molecular weight excluding hydrogens is 188 g/mol. The molecule has 0 spiro atoms. The van der Waals surface area contributed by atoms with Crippen molar-refractivity contribution in [3.63, 3.8) is 0 Å². The van der Waals surface area contributed by atoms with E-state index >= 15 is 0 Å². The summed E-state index contributed by atoms with van der Waals surface area (Å²) in [5.41, 5.74) is 1.01. The molecular formula is C9H11O3S. The predicted octanol–water partition coefficient (Wildman–Crippen LogP) is 1.88. The molecule has 0 aliphatic rings. The van der Waals surface area contributed by atoms with Gasteiger partial charge in [-0.25, -0.2) is 0 Å². The minimum atomic E-state index is -3.58. The van der Waals surface area contributed by atoms with Crippen LogP contribution in [0.2, 0.25) is 0 Å². The van der Waals surface area contributed by atoms with Crippen molar-refractivity contribution in [3.05, 3.63) is 36.4 Å². The topological polar surface area (TPSA) is 43.4 Å². The molecule has 0 aromatic heterocycles. The number of hydrogen-bond acceptors (Lipinski definition) is 3. The molecule has 71 valence electrons. The van der Waals surface area contributed by atoms with Gasteiger partial charge in [-0.1, -0.05) is 17.7 Å². The van der Waals surface area contributed by atoms with Crippen LogP contribution in [0.3, 0.4) is 0 Å². The third-order valence-electron chi connectivity index (χ3n) is 1.53. The maximum atomic E-state index is 11.3. The Morgan fingerprint density at radius 2 is 1.77 bits per heavy atom. The maximum absolute atomic E-state index is 11.3. The van der Waals surface area contributed by atoms with Crippen molar-refractivity contribution in [2.24, 2.45) is 0 Å². The van der Waals surface area contributed by atoms with Crippen molar-refractivity contribution in [2.75, 3.05) is 0 Å². The van der Waals surface area contributed by atoms with Crippen molar-refractivity contribution < 1.29 is 12.6 Å². The van der Waals surface area contributed by atoms with Crippen LogP contribution in [-0.2, 0) is 14.3 Å². The zero-order valence-corrected chi connectivity index (χ0v) is 8.34. The van der Waals surface area contributed by atoms with Gasteiger partial charge in [-0.05, 0) is 26.0 Å². The molecule has 0 aliphatic heterocycles. The number of hydrogen-bond donors (Lipinski definition) is 0. The molecule has 0 aliphatic carbocycles. The molecule has 0 N–H and O–H groups in total. The van der Waals surface area contributed by atoms with E-state index in [1.807, 2.05) is 6.92 Å². The highest BCUT2D eigenvalue weighted by molar-refractivity contribution is 7.86. The third-order valence-corrected chi connectivity index (χ3v) is 2.83. The van der Waals surface area contributed by atoms with Gasteiger partial charge in [-0.15, -0.1) is 0 Å². The lowest BCUT2D eigenvalue weighted by Gasteiger charge is -2.02. The molecule has 0 amide bonds. The zero-order chi connectivity index (χ0) is 9.90. The zero-order valence-electron chi connectivity index (χ0n) is 7.52. The molecule has 1 aromatic rings. The van der Waals surface area contributed by atoms with Crippen LogP contribution in [0, 0.1) is 13.5 Å². The first-order valence-electron chi connectivity index (χ1n) is 3.84. The first kappa shape index (κ1) is 10.2.